The molecule has 0 heterocycles. The van der Waals surface area contributed by atoms with E-state index in [1.54, 1.807) is 0 Å². The van der Waals surface area contributed by atoms with Gasteiger partial charge in [-0.25, -0.2) is 0 Å². The molecule has 0 aromatic rings. The van der Waals surface area contributed by atoms with Crippen molar-refractivity contribution >= 4 is 6.29 Å². The van der Waals surface area contributed by atoms with E-state index in [4.69, 9.17) is 0 Å². The van der Waals surface area contributed by atoms with Gasteiger partial charge in [-0.1, -0.05) is 12.8 Å². The minimum absolute atomic E-state index is 0.801. The maximum Gasteiger partial charge on any atom is 0.284 e. The predicted molar refractivity (Wildman–Crippen MR) is 28.4 cm³/mol. The van der Waals surface area contributed by atoms with Crippen molar-refractivity contribution in [3.8, 4) is 11.8 Å². The molecule has 0 amide bonds. The van der Waals surface area contributed by atoms with Crippen molar-refractivity contribution in [3.05, 3.63) is 0 Å². The van der Waals surface area contributed by atoms with Crippen LogP contribution in [-0.4, -0.2) is 6.29 Å². The van der Waals surface area contributed by atoms with Gasteiger partial charge < -0.3 is 0 Å². The summed E-state index contributed by atoms with van der Waals surface area (Å²) in [4.78, 5) is 9.38. The monoisotopic (exact) mass is 95.0 g/mol. The molecule has 0 saturated heterocycles. The Kier molecular flexibility index (Phi) is 4.65. The van der Waals surface area contributed by atoms with Gasteiger partial charge in [0.1, 0.15) is 0 Å². The molecule has 7 heavy (non-hydrogen) atoms. The molecule has 0 N–H and O–H groups in total. The second-order valence-electron chi connectivity index (χ2n) is 1.15. The van der Waals surface area contributed by atoms with E-state index in [0.29, 0.717) is 0 Å². The Morgan fingerprint density at radius 2 is 2.29 bits per heavy atom. The molecule has 0 spiro atoms. The highest BCUT2D eigenvalue weighted by Crippen LogP contribution is 1.78. The Balaban J connectivity index is 3.07. The summed E-state index contributed by atoms with van der Waals surface area (Å²) in [5.74, 6) is 4.80. The quantitative estimate of drug-likeness (QED) is 0.442. The van der Waals surface area contributed by atoms with Gasteiger partial charge in [-0.3, -0.25) is 4.79 Å². The first-order valence-corrected chi connectivity index (χ1v) is 2.26. The minimum atomic E-state index is 0.801. The molecule has 0 aliphatic carbocycles. The van der Waals surface area contributed by atoms with Crippen LogP contribution in [0.4, 0.5) is 0 Å². The largest absolute Gasteiger partial charge is 0.284 e. The summed E-state index contributed by atoms with van der Waals surface area (Å²) in [5.41, 5.74) is 0. The second-order valence-corrected chi connectivity index (χ2v) is 1.15. The third-order valence-corrected chi connectivity index (χ3v) is 0.514. The molecule has 0 atom stereocenters. The van der Waals surface area contributed by atoms with Gasteiger partial charge in [-0.05, 0) is 12.3 Å². The summed E-state index contributed by atoms with van der Waals surface area (Å²) in [5, 5.41) is 0. The van der Waals surface area contributed by atoms with Crippen LogP contribution in [0.25, 0.3) is 0 Å². The lowest BCUT2D eigenvalue weighted by Gasteiger charge is -1.71. The number of rotatable bonds is 1. The van der Waals surface area contributed by atoms with E-state index in [1.807, 2.05) is 6.92 Å². The van der Waals surface area contributed by atoms with Crippen LogP contribution in [0.3, 0.4) is 0 Å². The van der Waals surface area contributed by atoms with Crippen LogP contribution in [0.2, 0.25) is 0 Å². The lowest BCUT2D eigenvalue weighted by atomic mass is 10.3. The van der Waals surface area contributed by atoms with E-state index in [0.717, 1.165) is 12.8 Å². The molecular weight excluding hydrogens is 88.1 g/mol. The zero-order valence-electron chi connectivity index (χ0n) is 4.32. The van der Waals surface area contributed by atoms with E-state index < -0.39 is 0 Å². The zero-order valence-corrected chi connectivity index (χ0v) is 4.32. The van der Waals surface area contributed by atoms with Gasteiger partial charge in [0.2, 0.25) is 0 Å². The van der Waals surface area contributed by atoms with Gasteiger partial charge in [0.25, 0.3) is 6.29 Å². The first kappa shape index (κ1) is 6.23. The molecule has 0 aliphatic rings. The van der Waals surface area contributed by atoms with Crippen LogP contribution in [0.5, 0.6) is 0 Å². The fourth-order valence-electron chi connectivity index (χ4n) is 0.224. The normalized spacial score (nSPS) is 6.43. The smallest absolute Gasteiger partial charge is 0.275 e. The highest BCUT2D eigenvalue weighted by atomic mass is 16.1. The first-order chi connectivity index (χ1) is 3.41. The van der Waals surface area contributed by atoms with Crippen LogP contribution >= 0.6 is 0 Å². The summed E-state index contributed by atoms with van der Waals surface area (Å²) in [6, 6.07) is 0. The van der Waals surface area contributed by atoms with Gasteiger partial charge in [0, 0.05) is 6.42 Å². The standard InChI is InChI=1S/C6H7O/c1-2-3-4-5-6-7/h2-3H2,1H3. The average Bonchev–Trinajstić information content (AvgIpc) is 1.69. The molecule has 1 radical (unpaired) electrons. The molecular formula is C6H7O. The third-order valence-electron chi connectivity index (χ3n) is 0.514. The SMILES string of the molecule is CCCC#C[C]=O. The van der Waals surface area contributed by atoms with E-state index in [2.05, 4.69) is 11.8 Å². The van der Waals surface area contributed by atoms with Crippen molar-refractivity contribution < 1.29 is 4.79 Å². The number of hydrogen-bond donors (Lipinski definition) is 0. The van der Waals surface area contributed by atoms with Gasteiger partial charge in [0.15, 0.2) is 0 Å². The van der Waals surface area contributed by atoms with E-state index in [-0.39, 0.29) is 0 Å². The number of unbranched alkanes of at least 4 members (excludes halogenated alkanes) is 1. The van der Waals surface area contributed by atoms with Crippen molar-refractivity contribution in [1.29, 1.82) is 0 Å². The molecule has 1 nitrogen and oxygen atoms in total. The molecule has 1 heteroatoms. The van der Waals surface area contributed by atoms with Gasteiger partial charge >= 0.3 is 0 Å². The Morgan fingerprint density at radius 1 is 1.57 bits per heavy atom. The average molecular weight is 95.1 g/mol. The molecule has 0 aliphatic heterocycles. The first-order valence-electron chi connectivity index (χ1n) is 2.26. The molecule has 0 aromatic carbocycles. The van der Waals surface area contributed by atoms with E-state index in [1.165, 1.54) is 6.29 Å². The Morgan fingerprint density at radius 3 is 2.71 bits per heavy atom. The van der Waals surface area contributed by atoms with E-state index in [9.17, 15) is 4.79 Å². The summed E-state index contributed by atoms with van der Waals surface area (Å²) < 4.78 is 0. The zero-order chi connectivity index (χ0) is 5.54. The van der Waals surface area contributed by atoms with Crippen molar-refractivity contribution in [2.75, 3.05) is 0 Å². The molecule has 0 bridgehead atoms. The van der Waals surface area contributed by atoms with Gasteiger partial charge in [-0.15, -0.1) is 0 Å². The van der Waals surface area contributed by atoms with Gasteiger partial charge in [-0.2, -0.15) is 0 Å². The topological polar surface area (TPSA) is 17.1 Å². The molecule has 0 unspecified atom stereocenters. The fourth-order valence-corrected chi connectivity index (χ4v) is 0.224. The van der Waals surface area contributed by atoms with Crippen LogP contribution in [-0.2, 0) is 4.79 Å². The molecule has 0 fully saturated rings. The maximum absolute atomic E-state index is 9.38. The van der Waals surface area contributed by atoms with E-state index >= 15 is 0 Å². The van der Waals surface area contributed by atoms with Crippen LogP contribution in [0.1, 0.15) is 19.8 Å². The van der Waals surface area contributed by atoms with Gasteiger partial charge in [0.05, 0.1) is 0 Å². The summed E-state index contributed by atoms with van der Waals surface area (Å²) in [6.07, 6.45) is 3.30. The summed E-state index contributed by atoms with van der Waals surface area (Å²) in [6.45, 7) is 2.01. The van der Waals surface area contributed by atoms with Crippen LogP contribution < -0.4 is 0 Å². The molecule has 0 saturated carbocycles. The maximum atomic E-state index is 9.38. The number of carbonyl (C=O) groups excluding carboxylic acids is 1. The fraction of sp³-hybridized carbons (Fsp3) is 0.500. The molecule has 37 valence electrons. The summed E-state index contributed by atoms with van der Waals surface area (Å²) >= 11 is 0. The van der Waals surface area contributed by atoms with Crippen molar-refractivity contribution in [3.63, 3.8) is 0 Å². The molecule has 0 aromatic heterocycles. The number of hydrogen-bond acceptors (Lipinski definition) is 1. The highest BCUT2D eigenvalue weighted by molar-refractivity contribution is 5.73. The second kappa shape index (κ2) is 5.23. The minimum Gasteiger partial charge on any atom is -0.275 e. The Labute approximate surface area is 43.7 Å². The van der Waals surface area contributed by atoms with Crippen molar-refractivity contribution in [2.24, 2.45) is 0 Å². The Hall–Kier alpha value is -0.770. The summed E-state index contributed by atoms with van der Waals surface area (Å²) in [7, 11) is 0. The molecule has 0 rings (SSSR count). The third kappa shape index (κ3) is 5.23. The predicted octanol–water partition coefficient (Wildman–Crippen LogP) is 0.900. The highest BCUT2D eigenvalue weighted by Gasteiger charge is 1.66. The lowest BCUT2D eigenvalue weighted by Crippen LogP contribution is -1.62. The van der Waals surface area contributed by atoms with Crippen LogP contribution in [0, 0.1) is 11.8 Å². The Bertz CT molecular complexity index is 94.5. The lowest BCUT2D eigenvalue weighted by molar-refractivity contribution is 0.565. The van der Waals surface area contributed by atoms with Crippen LogP contribution in [0.15, 0.2) is 0 Å². The van der Waals surface area contributed by atoms with Crippen molar-refractivity contribution in [1.82, 2.24) is 0 Å². The van der Waals surface area contributed by atoms with Crippen molar-refractivity contribution in [2.45, 2.75) is 19.8 Å².